The Balaban J connectivity index is 1.82. The Morgan fingerprint density at radius 1 is 0.760 bits per heavy atom. The molecule has 0 unspecified atom stereocenters. The molecular weight excluding hydrogens is 328 g/mol. The van der Waals surface area contributed by atoms with Gasteiger partial charge in [-0.1, -0.05) is 0 Å². The standard InChI is InChI=1S/C20H26N4S/c1-13-9-15(3)23(16(4)10-13)8-7-19-21-22-20(25-19)24-17(5)11-14(2)12-18(24)6/h9-12H,7-8H2,1-6H3/q+2. The highest BCUT2D eigenvalue weighted by molar-refractivity contribution is 7.13. The Bertz CT molecular complexity index is 881. The van der Waals surface area contributed by atoms with Crippen molar-refractivity contribution in [2.24, 2.45) is 0 Å². The molecule has 0 spiro atoms. The van der Waals surface area contributed by atoms with Crippen molar-refractivity contribution in [3.05, 3.63) is 63.2 Å². The van der Waals surface area contributed by atoms with Crippen molar-refractivity contribution in [2.45, 2.75) is 54.5 Å². The lowest BCUT2D eigenvalue weighted by Crippen LogP contribution is -2.41. The minimum Gasteiger partial charge on any atom is -0.200 e. The van der Waals surface area contributed by atoms with E-state index >= 15 is 0 Å². The van der Waals surface area contributed by atoms with E-state index in [0.717, 1.165) is 23.1 Å². The van der Waals surface area contributed by atoms with Gasteiger partial charge in [-0.25, -0.2) is 0 Å². The molecule has 3 aromatic heterocycles. The van der Waals surface area contributed by atoms with Crippen molar-refractivity contribution >= 4 is 11.3 Å². The van der Waals surface area contributed by atoms with Gasteiger partial charge in [-0.2, -0.15) is 9.13 Å². The Labute approximate surface area is 153 Å². The van der Waals surface area contributed by atoms with Crippen LogP contribution in [0.3, 0.4) is 0 Å². The maximum Gasteiger partial charge on any atom is 0.415 e. The van der Waals surface area contributed by atoms with Crippen LogP contribution in [0.4, 0.5) is 0 Å². The monoisotopic (exact) mass is 354 g/mol. The van der Waals surface area contributed by atoms with E-state index in [1.54, 1.807) is 11.3 Å². The number of pyridine rings is 2. The highest BCUT2D eigenvalue weighted by Crippen LogP contribution is 2.14. The smallest absolute Gasteiger partial charge is 0.200 e. The second-order valence-corrected chi connectivity index (χ2v) is 7.89. The first-order valence-electron chi connectivity index (χ1n) is 8.65. The molecule has 0 amide bonds. The lowest BCUT2D eigenvalue weighted by atomic mass is 10.2. The minimum absolute atomic E-state index is 0.900. The molecule has 130 valence electrons. The first kappa shape index (κ1) is 17.7. The molecule has 25 heavy (non-hydrogen) atoms. The normalized spacial score (nSPS) is 11.1. The first-order valence-corrected chi connectivity index (χ1v) is 9.47. The fraction of sp³-hybridized carbons (Fsp3) is 0.400. The lowest BCUT2D eigenvalue weighted by Gasteiger charge is -2.04. The van der Waals surface area contributed by atoms with Crippen molar-refractivity contribution in [1.29, 1.82) is 0 Å². The molecule has 0 aliphatic rings. The molecule has 0 aliphatic carbocycles. The summed E-state index contributed by atoms with van der Waals surface area (Å²) in [6.45, 7) is 13.8. The molecule has 3 rings (SSSR count). The molecule has 0 bridgehead atoms. The summed E-state index contributed by atoms with van der Waals surface area (Å²) in [5.74, 6) is 0. The van der Waals surface area contributed by atoms with Crippen LogP contribution < -0.4 is 9.13 Å². The van der Waals surface area contributed by atoms with Gasteiger partial charge in [0.2, 0.25) is 0 Å². The zero-order valence-electron chi connectivity index (χ0n) is 15.9. The molecule has 0 aliphatic heterocycles. The number of aryl methyl sites for hydroxylation is 7. The molecule has 5 heteroatoms. The minimum atomic E-state index is 0.900. The Morgan fingerprint density at radius 3 is 1.84 bits per heavy atom. The summed E-state index contributed by atoms with van der Waals surface area (Å²) < 4.78 is 4.54. The zero-order chi connectivity index (χ0) is 18.1. The maximum absolute atomic E-state index is 4.43. The van der Waals surface area contributed by atoms with E-state index in [1.807, 2.05) is 0 Å². The lowest BCUT2D eigenvalue weighted by molar-refractivity contribution is -0.708. The first-order chi connectivity index (χ1) is 11.8. The summed E-state index contributed by atoms with van der Waals surface area (Å²) >= 11 is 1.68. The number of aromatic nitrogens is 4. The van der Waals surface area contributed by atoms with Gasteiger partial charge >= 0.3 is 5.13 Å². The summed E-state index contributed by atoms with van der Waals surface area (Å²) in [6.07, 6.45) is 0.900. The predicted molar refractivity (Wildman–Crippen MR) is 100 cm³/mol. The summed E-state index contributed by atoms with van der Waals surface area (Å²) in [5.41, 5.74) is 7.56. The number of rotatable bonds is 4. The third-order valence-electron chi connectivity index (χ3n) is 4.50. The van der Waals surface area contributed by atoms with Gasteiger partial charge in [0.15, 0.2) is 22.9 Å². The SMILES string of the molecule is Cc1cc(C)[n+](CCc2nnc(-[n+]3c(C)cc(C)cc3C)s2)c(C)c1. The Hall–Kier alpha value is -2.14. The predicted octanol–water partition coefficient (Wildman–Crippen LogP) is 3.20. The molecule has 0 radical (unpaired) electrons. The molecule has 0 aromatic carbocycles. The molecule has 0 saturated carbocycles. The largest absolute Gasteiger partial charge is 0.415 e. The molecule has 4 nitrogen and oxygen atoms in total. The van der Waals surface area contributed by atoms with Gasteiger partial charge in [-0.15, -0.1) is 0 Å². The molecule has 0 saturated heterocycles. The van der Waals surface area contributed by atoms with Crippen LogP contribution in [0.25, 0.3) is 5.13 Å². The molecule has 0 atom stereocenters. The van der Waals surface area contributed by atoms with E-state index in [4.69, 9.17) is 0 Å². The van der Waals surface area contributed by atoms with Crippen molar-refractivity contribution in [1.82, 2.24) is 10.2 Å². The van der Waals surface area contributed by atoms with Crippen LogP contribution in [0.2, 0.25) is 0 Å². The van der Waals surface area contributed by atoms with E-state index in [0.29, 0.717) is 0 Å². The quantitative estimate of drug-likeness (QED) is 0.674. The third kappa shape index (κ3) is 3.76. The highest BCUT2D eigenvalue weighted by Gasteiger charge is 2.21. The van der Waals surface area contributed by atoms with Gasteiger partial charge in [0.25, 0.3) is 0 Å². The fourth-order valence-electron chi connectivity index (χ4n) is 3.54. The van der Waals surface area contributed by atoms with Crippen LogP contribution in [-0.4, -0.2) is 10.2 Å². The van der Waals surface area contributed by atoms with Crippen LogP contribution in [0.15, 0.2) is 24.3 Å². The number of hydrogen-bond acceptors (Lipinski definition) is 3. The Kier molecular flexibility index (Phi) is 4.95. The maximum atomic E-state index is 4.43. The molecule has 0 fully saturated rings. The molecule has 3 heterocycles. The summed E-state index contributed by atoms with van der Waals surface area (Å²) in [5, 5.41) is 10.9. The average molecular weight is 355 g/mol. The Morgan fingerprint density at radius 2 is 1.28 bits per heavy atom. The average Bonchev–Trinajstić information content (AvgIpc) is 2.93. The highest BCUT2D eigenvalue weighted by atomic mass is 32.1. The summed E-state index contributed by atoms with van der Waals surface area (Å²) in [6, 6.07) is 8.83. The second kappa shape index (κ2) is 7.00. The van der Waals surface area contributed by atoms with Crippen molar-refractivity contribution in [2.75, 3.05) is 0 Å². The fourth-order valence-corrected chi connectivity index (χ4v) is 4.49. The number of hydrogen-bond donors (Lipinski definition) is 0. The topological polar surface area (TPSA) is 33.5 Å². The number of nitrogens with zero attached hydrogens (tertiary/aromatic N) is 4. The summed E-state index contributed by atoms with van der Waals surface area (Å²) in [4.78, 5) is 0. The van der Waals surface area contributed by atoms with E-state index in [2.05, 4.69) is 85.1 Å². The summed E-state index contributed by atoms with van der Waals surface area (Å²) in [7, 11) is 0. The second-order valence-electron chi connectivity index (χ2n) is 6.85. The van der Waals surface area contributed by atoms with Crippen LogP contribution in [0.1, 0.15) is 38.9 Å². The molecule has 0 N–H and O–H groups in total. The molecule has 3 aromatic rings. The van der Waals surface area contributed by atoms with Crippen LogP contribution >= 0.6 is 11.3 Å². The van der Waals surface area contributed by atoms with Gasteiger partial charge in [-0.3, -0.25) is 0 Å². The third-order valence-corrected chi connectivity index (χ3v) is 5.47. The van der Waals surface area contributed by atoms with E-state index in [9.17, 15) is 0 Å². The van der Waals surface area contributed by atoms with Gasteiger partial charge in [0.05, 0.1) is 11.5 Å². The van der Waals surface area contributed by atoms with E-state index in [1.165, 1.54) is 33.9 Å². The van der Waals surface area contributed by atoms with Crippen molar-refractivity contribution < 1.29 is 9.13 Å². The van der Waals surface area contributed by atoms with Gasteiger partial charge < -0.3 is 0 Å². The van der Waals surface area contributed by atoms with Gasteiger partial charge in [0.1, 0.15) is 11.4 Å². The van der Waals surface area contributed by atoms with Crippen molar-refractivity contribution in [3.8, 4) is 5.13 Å². The van der Waals surface area contributed by atoms with Crippen molar-refractivity contribution in [3.63, 3.8) is 0 Å². The van der Waals surface area contributed by atoms with Gasteiger partial charge in [0, 0.05) is 26.0 Å². The van der Waals surface area contributed by atoms with E-state index < -0.39 is 0 Å². The van der Waals surface area contributed by atoms with E-state index in [-0.39, 0.29) is 0 Å². The zero-order valence-corrected chi connectivity index (χ0v) is 16.7. The molecular formula is C20H26N4S+2. The van der Waals surface area contributed by atoms with Crippen LogP contribution in [0, 0.1) is 41.5 Å². The van der Waals surface area contributed by atoms with Crippen LogP contribution in [0.5, 0.6) is 0 Å². The van der Waals surface area contributed by atoms with Crippen LogP contribution in [-0.2, 0) is 13.0 Å². The van der Waals surface area contributed by atoms with Gasteiger partial charge in [-0.05, 0) is 67.4 Å².